The molecule has 1 aliphatic carbocycles. The van der Waals surface area contributed by atoms with Crippen LogP contribution in [-0.4, -0.2) is 46.5 Å². The third-order valence-corrected chi connectivity index (χ3v) is 6.79. The fourth-order valence-electron chi connectivity index (χ4n) is 4.91. The van der Waals surface area contributed by atoms with Gasteiger partial charge in [-0.15, -0.1) is 6.58 Å². The standard InChI is InChI=1S/C30H32N2O7/c1-3-8-22-15-20(16-24-27(33)31-30(37)32(28(24)34)23-9-6-5-7-10-23)17-25(38-4-2)26(22)39-18-19-11-13-21(14-12-19)29(35)36/h3,11-17,23H,1,4-10,18H2,2H3,(H,35,36)(H,31,33,37). The maximum Gasteiger partial charge on any atom is 0.335 e. The number of imide groups is 2. The van der Waals surface area contributed by atoms with Crippen LogP contribution in [-0.2, 0) is 22.6 Å². The summed E-state index contributed by atoms with van der Waals surface area (Å²) in [6, 6.07) is 8.98. The fourth-order valence-corrected chi connectivity index (χ4v) is 4.91. The molecule has 1 aliphatic heterocycles. The van der Waals surface area contributed by atoms with Gasteiger partial charge in [-0.25, -0.2) is 9.59 Å². The monoisotopic (exact) mass is 532 g/mol. The molecule has 4 amide bonds. The van der Waals surface area contributed by atoms with Gasteiger partial charge in [-0.1, -0.05) is 37.5 Å². The second-order valence-corrected chi connectivity index (χ2v) is 9.51. The molecule has 1 saturated carbocycles. The second kappa shape index (κ2) is 12.4. The fraction of sp³-hybridized carbons (Fsp3) is 0.333. The maximum absolute atomic E-state index is 13.3. The highest BCUT2D eigenvalue weighted by molar-refractivity contribution is 6.31. The zero-order valence-corrected chi connectivity index (χ0v) is 21.9. The van der Waals surface area contributed by atoms with Gasteiger partial charge in [0.1, 0.15) is 12.2 Å². The van der Waals surface area contributed by atoms with E-state index in [1.807, 2.05) is 6.92 Å². The number of allylic oxidation sites excluding steroid dienone is 1. The second-order valence-electron chi connectivity index (χ2n) is 9.51. The molecule has 0 unspecified atom stereocenters. The van der Waals surface area contributed by atoms with Crippen molar-refractivity contribution in [2.24, 2.45) is 0 Å². The van der Waals surface area contributed by atoms with Gasteiger partial charge in [0, 0.05) is 11.6 Å². The number of amides is 4. The van der Waals surface area contributed by atoms with Crippen LogP contribution in [0.25, 0.3) is 6.08 Å². The van der Waals surface area contributed by atoms with Gasteiger partial charge in [0.25, 0.3) is 11.8 Å². The van der Waals surface area contributed by atoms with Crippen LogP contribution in [0.2, 0.25) is 0 Å². The number of nitrogens with zero attached hydrogens (tertiary/aromatic N) is 1. The lowest BCUT2D eigenvalue weighted by Gasteiger charge is -2.35. The maximum atomic E-state index is 13.3. The molecule has 0 bridgehead atoms. The normalized spacial score (nSPS) is 17.2. The number of carbonyl (C=O) groups is 4. The Hall–Kier alpha value is -4.40. The molecule has 2 aliphatic rings. The van der Waals surface area contributed by atoms with E-state index in [-0.39, 0.29) is 23.8 Å². The van der Waals surface area contributed by atoms with Gasteiger partial charge < -0.3 is 14.6 Å². The predicted molar refractivity (Wildman–Crippen MR) is 144 cm³/mol. The number of rotatable bonds is 10. The molecule has 1 saturated heterocycles. The van der Waals surface area contributed by atoms with Gasteiger partial charge >= 0.3 is 12.0 Å². The van der Waals surface area contributed by atoms with E-state index in [9.17, 15) is 19.2 Å². The van der Waals surface area contributed by atoms with Gasteiger partial charge in [0.05, 0.1) is 12.2 Å². The Bertz CT molecular complexity index is 1310. The Morgan fingerprint density at radius 3 is 2.46 bits per heavy atom. The van der Waals surface area contributed by atoms with Crippen molar-refractivity contribution in [3.63, 3.8) is 0 Å². The summed E-state index contributed by atoms with van der Waals surface area (Å²) in [4.78, 5) is 50.9. The molecule has 39 heavy (non-hydrogen) atoms. The number of hydrogen-bond acceptors (Lipinski definition) is 6. The number of carboxylic acid groups (broad SMARTS) is 1. The summed E-state index contributed by atoms with van der Waals surface area (Å²) in [6.45, 7) is 6.18. The number of carbonyl (C=O) groups excluding carboxylic acids is 3. The van der Waals surface area contributed by atoms with Gasteiger partial charge in [0.15, 0.2) is 11.5 Å². The van der Waals surface area contributed by atoms with E-state index in [1.165, 1.54) is 23.1 Å². The van der Waals surface area contributed by atoms with Crippen LogP contribution in [0, 0.1) is 0 Å². The van der Waals surface area contributed by atoms with Crippen molar-refractivity contribution in [1.29, 1.82) is 0 Å². The van der Waals surface area contributed by atoms with E-state index in [1.54, 1.807) is 30.3 Å². The number of carboxylic acids is 1. The van der Waals surface area contributed by atoms with Crippen molar-refractivity contribution < 1.29 is 33.8 Å². The van der Waals surface area contributed by atoms with E-state index in [4.69, 9.17) is 14.6 Å². The van der Waals surface area contributed by atoms with Crippen molar-refractivity contribution >= 4 is 29.9 Å². The summed E-state index contributed by atoms with van der Waals surface area (Å²) in [6.07, 6.45) is 7.99. The van der Waals surface area contributed by atoms with Gasteiger partial charge in [0.2, 0.25) is 0 Å². The Balaban J connectivity index is 1.65. The summed E-state index contributed by atoms with van der Waals surface area (Å²) < 4.78 is 12.0. The van der Waals surface area contributed by atoms with Crippen LogP contribution < -0.4 is 14.8 Å². The molecular weight excluding hydrogens is 500 g/mol. The Labute approximate surface area is 227 Å². The lowest BCUT2D eigenvalue weighted by atomic mass is 9.93. The third kappa shape index (κ3) is 6.37. The van der Waals surface area contributed by atoms with E-state index in [2.05, 4.69) is 11.9 Å². The largest absolute Gasteiger partial charge is 0.490 e. The van der Waals surface area contributed by atoms with Gasteiger partial charge in [-0.3, -0.25) is 19.8 Å². The van der Waals surface area contributed by atoms with Crippen molar-refractivity contribution in [3.05, 3.63) is 76.9 Å². The Morgan fingerprint density at radius 1 is 1.10 bits per heavy atom. The summed E-state index contributed by atoms with van der Waals surface area (Å²) in [5.74, 6) is -1.42. The van der Waals surface area contributed by atoms with Crippen molar-refractivity contribution in [3.8, 4) is 11.5 Å². The molecule has 0 atom stereocenters. The van der Waals surface area contributed by atoms with Crippen molar-refractivity contribution in [1.82, 2.24) is 10.2 Å². The molecular formula is C30H32N2O7. The molecule has 204 valence electrons. The average Bonchev–Trinajstić information content (AvgIpc) is 2.91. The van der Waals surface area contributed by atoms with Crippen LogP contribution in [0.4, 0.5) is 4.79 Å². The first-order chi connectivity index (χ1) is 18.8. The number of ether oxygens (including phenoxy) is 2. The summed E-state index contributed by atoms with van der Waals surface area (Å²) >= 11 is 0. The molecule has 0 spiro atoms. The SMILES string of the molecule is C=CCc1cc(C=C2C(=O)NC(=O)N(C3CCCCC3)C2=O)cc(OCC)c1OCc1ccc(C(=O)O)cc1. The number of benzene rings is 2. The van der Waals surface area contributed by atoms with Crippen LogP contribution >= 0.6 is 0 Å². The molecule has 2 aromatic rings. The van der Waals surface area contributed by atoms with Gasteiger partial charge in [-0.05, 0) is 67.7 Å². The minimum Gasteiger partial charge on any atom is -0.490 e. The first-order valence-electron chi connectivity index (χ1n) is 13.1. The summed E-state index contributed by atoms with van der Waals surface area (Å²) in [7, 11) is 0. The van der Waals surface area contributed by atoms with Crippen molar-refractivity contribution in [2.75, 3.05) is 6.61 Å². The average molecular weight is 533 g/mol. The molecule has 2 aromatic carbocycles. The highest BCUT2D eigenvalue weighted by atomic mass is 16.5. The first kappa shape index (κ1) is 27.6. The van der Waals surface area contributed by atoms with E-state index in [0.717, 1.165) is 43.2 Å². The lowest BCUT2D eigenvalue weighted by molar-refractivity contribution is -0.132. The van der Waals surface area contributed by atoms with Crippen LogP contribution in [0.3, 0.4) is 0 Å². The van der Waals surface area contributed by atoms with Crippen molar-refractivity contribution in [2.45, 2.75) is 58.1 Å². The van der Waals surface area contributed by atoms with Crippen LogP contribution in [0.5, 0.6) is 11.5 Å². The van der Waals surface area contributed by atoms with Crippen LogP contribution in [0.15, 0.2) is 54.6 Å². The van der Waals surface area contributed by atoms with E-state index < -0.39 is 23.8 Å². The quantitative estimate of drug-likeness (QED) is 0.254. The Kier molecular flexibility index (Phi) is 8.81. The molecule has 0 aromatic heterocycles. The molecule has 2 fully saturated rings. The number of nitrogens with one attached hydrogen (secondary N) is 1. The highest BCUT2D eigenvalue weighted by Crippen LogP contribution is 2.36. The summed E-state index contributed by atoms with van der Waals surface area (Å²) in [5.41, 5.74) is 2.12. The van der Waals surface area contributed by atoms with Gasteiger partial charge in [-0.2, -0.15) is 0 Å². The number of barbiturate groups is 1. The molecule has 2 N–H and O–H groups in total. The Morgan fingerprint density at radius 2 is 1.82 bits per heavy atom. The minimum absolute atomic E-state index is 0.112. The number of hydrogen-bond donors (Lipinski definition) is 2. The first-order valence-corrected chi connectivity index (χ1v) is 13.1. The molecule has 0 radical (unpaired) electrons. The molecule has 1 heterocycles. The number of aromatic carboxylic acids is 1. The molecule has 9 nitrogen and oxygen atoms in total. The van der Waals surface area contributed by atoms with E-state index in [0.29, 0.717) is 30.1 Å². The zero-order valence-electron chi connectivity index (χ0n) is 21.9. The highest BCUT2D eigenvalue weighted by Gasteiger charge is 2.40. The third-order valence-electron chi connectivity index (χ3n) is 6.79. The van der Waals surface area contributed by atoms with Crippen LogP contribution in [0.1, 0.15) is 66.1 Å². The smallest absolute Gasteiger partial charge is 0.335 e. The summed E-state index contributed by atoms with van der Waals surface area (Å²) in [5, 5.41) is 11.4. The predicted octanol–water partition coefficient (Wildman–Crippen LogP) is 4.89. The molecule has 4 rings (SSSR count). The zero-order chi connectivity index (χ0) is 27.9. The minimum atomic E-state index is -1.00. The molecule has 9 heteroatoms. The lowest BCUT2D eigenvalue weighted by Crippen LogP contribution is -2.58. The van der Waals surface area contributed by atoms with E-state index >= 15 is 0 Å². The topological polar surface area (TPSA) is 122 Å². The number of urea groups is 1.